The molecule has 3 saturated carbocycles. The fourth-order valence-electron chi connectivity index (χ4n) is 11.0. The summed E-state index contributed by atoms with van der Waals surface area (Å²) < 4.78 is 6.08. The number of allylic oxidation sites excluding steroid dienone is 1. The van der Waals surface area contributed by atoms with Gasteiger partial charge < -0.3 is 9.84 Å². The van der Waals surface area contributed by atoms with Crippen molar-refractivity contribution < 1.29 is 19.4 Å². The third-order valence-electron chi connectivity index (χ3n) is 13.6. The number of rotatable bonds is 19. The molecule has 258 valence electrons. The fourth-order valence-corrected chi connectivity index (χ4v) is 11.0. The van der Waals surface area contributed by atoms with Crippen molar-refractivity contribution in [2.75, 3.05) is 0 Å². The molecule has 0 aromatic heterocycles. The largest absolute Gasteiger partial charge is 0.481 e. The lowest BCUT2D eigenvalue weighted by Crippen LogP contribution is -2.51. The first-order valence-electron chi connectivity index (χ1n) is 19.7. The molecule has 4 aliphatic carbocycles. The van der Waals surface area contributed by atoms with Crippen molar-refractivity contribution in [2.24, 2.45) is 46.3 Å². The van der Waals surface area contributed by atoms with Gasteiger partial charge in [0.1, 0.15) is 6.10 Å². The maximum atomic E-state index is 12.7. The molecule has 4 heteroatoms. The molecule has 8 atom stereocenters. The Morgan fingerprint density at radius 3 is 2.09 bits per heavy atom. The number of aliphatic carboxylic acids is 1. The number of carbonyl (C=O) groups excluding carboxylic acids is 1. The average Bonchev–Trinajstić information content (AvgIpc) is 3.35. The molecule has 1 N–H and O–H groups in total. The van der Waals surface area contributed by atoms with Gasteiger partial charge in [-0.25, -0.2) is 0 Å². The number of carboxylic acid groups (broad SMARTS) is 1. The highest BCUT2D eigenvalue weighted by molar-refractivity contribution is 5.69. The third-order valence-corrected chi connectivity index (χ3v) is 13.6. The normalized spacial score (nSPS) is 33.2. The zero-order chi connectivity index (χ0) is 32.5. The van der Waals surface area contributed by atoms with E-state index in [4.69, 9.17) is 9.84 Å². The summed E-state index contributed by atoms with van der Waals surface area (Å²) in [5, 5.41) is 8.70. The van der Waals surface area contributed by atoms with Crippen LogP contribution in [0.5, 0.6) is 0 Å². The molecule has 0 saturated heterocycles. The SMILES string of the molecule is CC(C)CCC[C@@H](C)[C@H]1CC[C@H]2[C@@H]3CC=C4C[C@@H](OC(=O)CCCCCCCCCCCCC(=O)O)CC[C@]4(C)[C@H]3CC[C@]12C. The number of unbranched alkanes of at least 4 members (excludes halogenated alkanes) is 9. The molecule has 4 aliphatic rings. The van der Waals surface area contributed by atoms with E-state index >= 15 is 0 Å². The summed E-state index contributed by atoms with van der Waals surface area (Å²) >= 11 is 0. The summed E-state index contributed by atoms with van der Waals surface area (Å²) in [5.74, 6) is 4.52. The summed E-state index contributed by atoms with van der Waals surface area (Å²) in [6, 6.07) is 0. The molecule has 0 bridgehead atoms. The quantitative estimate of drug-likeness (QED) is 0.0880. The molecule has 0 aromatic rings. The molecule has 0 spiro atoms. The van der Waals surface area contributed by atoms with Gasteiger partial charge in [-0.1, -0.05) is 117 Å². The Bertz CT molecular complexity index is 969. The van der Waals surface area contributed by atoms with Crippen molar-refractivity contribution in [1.82, 2.24) is 0 Å². The number of ether oxygens (including phenoxy) is 1. The van der Waals surface area contributed by atoms with E-state index in [0.717, 1.165) is 80.5 Å². The van der Waals surface area contributed by atoms with E-state index in [1.807, 2.05) is 0 Å². The molecule has 0 radical (unpaired) electrons. The Kier molecular flexibility index (Phi) is 13.9. The van der Waals surface area contributed by atoms with Crippen LogP contribution in [0.15, 0.2) is 11.6 Å². The van der Waals surface area contributed by atoms with Crippen LogP contribution in [0.4, 0.5) is 0 Å². The highest BCUT2D eigenvalue weighted by Crippen LogP contribution is 2.67. The highest BCUT2D eigenvalue weighted by atomic mass is 16.5. The van der Waals surface area contributed by atoms with Crippen molar-refractivity contribution >= 4 is 11.9 Å². The first-order chi connectivity index (χ1) is 21.5. The number of esters is 1. The number of carbonyl (C=O) groups is 2. The zero-order valence-electron chi connectivity index (χ0n) is 30.1. The van der Waals surface area contributed by atoms with E-state index in [9.17, 15) is 9.59 Å². The van der Waals surface area contributed by atoms with E-state index < -0.39 is 5.97 Å². The van der Waals surface area contributed by atoms with Gasteiger partial charge in [0, 0.05) is 19.3 Å². The Morgan fingerprint density at radius 1 is 0.800 bits per heavy atom. The predicted molar refractivity (Wildman–Crippen MR) is 186 cm³/mol. The van der Waals surface area contributed by atoms with Crippen LogP contribution in [0.1, 0.15) is 182 Å². The van der Waals surface area contributed by atoms with Crippen LogP contribution >= 0.6 is 0 Å². The summed E-state index contributed by atoms with van der Waals surface area (Å²) in [5.41, 5.74) is 2.47. The highest BCUT2D eigenvalue weighted by Gasteiger charge is 2.59. The van der Waals surface area contributed by atoms with Gasteiger partial charge in [-0.2, -0.15) is 0 Å². The van der Waals surface area contributed by atoms with Crippen LogP contribution in [-0.2, 0) is 14.3 Å². The van der Waals surface area contributed by atoms with Crippen LogP contribution < -0.4 is 0 Å². The standard InChI is InChI=1S/C41H70O4/c1-30(2)17-16-18-31(3)35-23-24-36-34-22-21-32-29-33(25-27-40(32,4)37(34)26-28-41(35,36)5)45-39(44)20-15-13-11-9-7-6-8-10-12-14-19-38(42)43/h21,30-31,33-37H,6-20,22-29H2,1-5H3,(H,42,43)/t31-,33+,34+,35-,36+,37+,40+,41-/m1/s1. The van der Waals surface area contributed by atoms with Gasteiger partial charge in [-0.15, -0.1) is 0 Å². The zero-order valence-corrected chi connectivity index (χ0v) is 30.1. The van der Waals surface area contributed by atoms with Crippen LogP contribution in [0, 0.1) is 46.3 Å². The maximum absolute atomic E-state index is 12.7. The topological polar surface area (TPSA) is 63.6 Å². The van der Waals surface area contributed by atoms with E-state index in [0.29, 0.717) is 23.7 Å². The molecule has 0 aliphatic heterocycles. The number of carboxylic acids is 1. The second-order valence-corrected chi connectivity index (χ2v) is 17.1. The lowest BCUT2D eigenvalue weighted by Gasteiger charge is -2.58. The van der Waals surface area contributed by atoms with E-state index in [2.05, 4.69) is 40.7 Å². The van der Waals surface area contributed by atoms with Gasteiger partial charge in [-0.05, 0) is 104 Å². The summed E-state index contributed by atoms with van der Waals surface area (Å²) in [4.78, 5) is 23.3. The molecule has 45 heavy (non-hydrogen) atoms. The van der Waals surface area contributed by atoms with Crippen LogP contribution in [0.25, 0.3) is 0 Å². The second kappa shape index (κ2) is 17.2. The number of fused-ring (bicyclic) bond motifs is 5. The minimum absolute atomic E-state index is 0.0206. The van der Waals surface area contributed by atoms with E-state index in [1.165, 1.54) is 89.9 Å². The Balaban J connectivity index is 1.15. The van der Waals surface area contributed by atoms with Crippen molar-refractivity contribution in [2.45, 2.75) is 188 Å². The van der Waals surface area contributed by atoms with Crippen molar-refractivity contribution in [1.29, 1.82) is 0 Å². The van der Waals surface area contributed by atoms with Gasteiger partial charge in [0.05, 0.1) is 0 Å². The molecular formula is C41H70O4. The van der Waals surface area contributed by atoms with E-state index in [-0.39, 0.29) is 12.1 Å². The van der Waals surface area contributed by atoms with Crippen molar-refractivity contribution in [3.8, 4) is 0 Å². The van der Waals surface area contributed by atoms with Crippen LogP contribution in [0.2, 0.25) is 0 Å². The Labute approximate surface area is 277 Å². The molecule has 3 fully saturated rings. The van der Waals surface area contributed by atoms with Gasteiger partial charge in [-0.3, -0.25) is 9.59 Å². The number of hydrogen-bond donors (Lipinski definition) is 1. The molecular weight excluding hydrogens is 556 g/mol. The van der Waals surface area contributed by atoms with Crippen molar-refractivity contribution in [3.05, 3.63) is 11.6 Å². The lowest BCUT2D eigenvalue weighted by atomic mass is 9.47. The smallest absolute Gasteiger partial charge is 0.306 e. The molecule has 0 aromatic carbocycles. The fraction of sp³-hybridized carbons (Fsp3) is 0.902. The van der Waals surface area contributed by atoms with Gasteiger partial charge in [0.25, 0.3) is 0 Å². The van der Waals surface area contributed by atoms with Crippen LogP contribution in [0.3, 0.4) is 0 Å². The average molecular weight is 627 g/mol. The first-order valence-corrected chi connectivity index (χ1v) is 19.7. The van der Waals surface area contributed by atoms with Crippen molar-refractivity contribution in [3.63, 3.8) is 0 Å². The minimum Gasteiger partial charge on any atom is -0.481 e. The first kappa shape index (κ1) is 36.5. The lowest BCUT2D eigenvalue weighted by molar-refractivity contribution is -0.151. The predicted octanol–water partition coefficient (Wildman–Crippen LogP) is 11.7. The molecule has 0 amide bonds. The summed E-state index contributed by atoms with van der Waals surface area (Å²) in [6.45, 7) is 12.6. The Morgan fingerprint density at radius 2 is 1.44 bits per heavy atom. The van der Waals surface area contributed by atoms with Gasteiger partial charge in [0.15, 0.2) is 0 Å². The second-order valence-electron chi connectivity index (χ2n) is 17.1. The molecule has 4 rings (SSSR count). The third kappa shape index (κ3) is 9.62. The van der Waals surface area contributed by atoms with Gasteiger partial charge in [0.2, 0.25) is 0 Å². The molecule has 0 unspecified atom stereocenters. The Hall–Kier alpha value is -1.32. The molecule has 0 heterocycles. The van der Waals surface area contributed by atoms with E-state index in [1.54, 1.807) is 5.57 Å². The van der Waals surface area contributed by atoms with Crippen LogP contribution in [-0.4, -0.2) is 23.1 Å². The monoisotopic (exact) mass is 627 g/mol. The summed E-state index contributed by atoms with van der Waals surface area (Å²) in [6.07, 6.45) is 29.2. The minimum atomic E-state index is -0.679. The van der Waals surface area contributed by atoms with Gasteiger partial charge >= 0.3 is 11.9 Å². The summed E-state index contributed by atoms with van der Waals surface area (Å²) in [7, 11) is 0. The molecule has 4 nitrogen and oxygen atoms in total. The maximum Gasteiger partial charge on any atom is 0.306 e. The number of hydrogen-bond acceptors (Lipinski definition) is 3.